The van der Waals surface area contributed by atoms with Crippen molar-refractivity contribution in [1.82, 2.24) is 10.3 Å². The lowest BCUT2D eigenvalue weighted by molar-refractivity contribution is 0.502. The van der Waals surface area contributed by atoms with Crippen LogP contribution < -0.4 is 5.32 Å². The first kappa shape index (κ1) is 13.4. The molecule has 0 bridgehead atoms. The molecule has 0 aliphatic carbocycles. The summed E-state index contributed by atoms with van der Waals surface area (Å²) in [6.07, 6.45) is 6.60. The fourth-order valence-corrected chi connectivity index (χ4v) is 3.37. The van der Waals surface area contributed by atoms with Gasteiger partial charge in [-0.15, -0.1) is 0 Å². The van der Waals surface area contributed by atoms with Crippen molar-refractivity contribution in [2.45, 2.75) is 18.9 Å². The average Bonchev–Trinajstić information content (AvgIpc) is 2.96. The van der Waals surface area contributed by atoms with E-state index in [9.17, 15) is 0 Å². The lowest BCUT2D eigenvalue weighted by Crippen LogP contribution is -2.29. The highest BCUT2D eigenvalue weighted by Crippen LogP contribution is 2.31. The van der Waals surface area contributed by atoms with E-state index in [1.807, 2.05) is 0 Å². The van der Waals surface area contributed by atoms with Crippen molar-refractivity contribution in [2.75, 3.05) is 6.54 Å². The summed E-state index contributed by atoms with van der Waals surface area (Å²) in [5, 5.41) is 5.03. The van der Waals surface area contributed by atoms with Crippen molar-refractivity contribution in [1.29, 1.82) is 0 Å². The van der Waals surface area contributed by atoms with E-state index in [1.165, 1.54) is 27.7 Å². The quantitative estimate of drug-likeness (QED) is 0.731. The first-order chi connectivity index (χ1) is 10.9. The van der Waals surface area contributed by atoms with Crippen LogP contribution in [0.15, 0.2) is 60.7 Å². The highest BCUT2D eigenvalue weighted by Gasteiger charge is 2.22. The third-order valence-electron chi connectivity index (χ3n) is 4.44. The maximum atomic E-state index is 3.64. The minimum atomic E-state index is 0.385. The van der Waals surface area contributed by atoms with Crippen LogP contribution in [0, 0.1) is 0 Å². The summed E-state index contributed by atoms with van der Waals surface area (Å²) >= 11 is 0. The van der Waals surface area contributed by atoms with Gasteiger partial charge < -0.3 is 10.3 Å². The van der Waals surface area contributed by atoms with E-state index >= 15 is 0 Å². The Morgan fingerprint density at radius 3 is 2.73 bits per heavy atom. The molecule has 2 aromatic carbocycles. The normalized spacial score (nSPS) is 17.9. The van der Waals surface area contributed by atoms with Gasteiger partial charge in [0.1, 0.15) is 0 Å². The molecule has 1 unspecified atom stereocenters. The highest BCUT2D eigenvalue weighted by molar-refractivity contribution is 5.85. The lowest BCUT2D eigenvalue weighted by Gasteiger charge is -2.23. The number of benzene rings is 2. The molecule has 110 valence electrons. The number of nitrogens with one attached hydrogen (secondary N) is 2. The molecule has 0 fully saturated rings. The van der Waals surface area contributed by atoms with Gasteiger partial charge in [-0.2, -0.15) is 0 Å². The number of hydrogen-bond acceptors (Lipinski definition) is 1. The third kappa shape index (κ3) is 2.46. The summed E-state index contributed by atoms with van der Waals surface area (Å²) in [6, 6.07) is 19.5. The van der Waals surface area contributed by atoms with Crippen molar-refractivity contribution in [3.8, 4) is 0 Å². The van der Waals surface area contributed by atoms with Crippen LogP contribution in [0.4, 0.5) is 0 Å². The van der Waals surface area contributed by atoms with E-state index in [0.717, 1.165) is 19.4 Å². The molecule has 1 aromatic heterocycles. The van der Waals surface area contributed by atoms with Gasteiger partial charge in [0, 0.05) is 16.6 Å². The SMILES string of the molecule is C(=Cc1ccccc1)CC1NCCc2c1[nH]c1ccccc21. The second kappa shape index (κ2) is 5.82. The van der Waals surface area contributed by atoms with E-state index < -0.39 is 0 Å². The van der Waals surface area contributed by atoms with E-state index in [-0.39, 0.29) is 0 Å². The molecule has 0 saturated carbocycles. The predicted molar refractivity (Wildman–Crippen MR) is 92.8 cm³/mol. The van der Waals surface area contributed by atoms with E-state index in [2.05, 4.69) is 77.1 Å². The van der Waals surface area contributed by atoms with Crippen molar-refractivity contribution < 1.29 is 0 Å². The molecule has 1 aliphatic rings. The van der Waals surface area contributed by atoms with Crippen LogP contribution in [0.1, 0.15) is 29.3 Å². The minimum absolute atomic E-state index is 0.385. The number of H-pyrrole nitrogens is 1. The lowest BCUT2D eigenvalue weighted by atomic mass is 9.97. The Morgan fingerprint density at radius 2 is 1.82 bits per heavy atom. The Bertz CT molecular complexity index is 799. The fraction of sp³-hybridized carbons (Fsp3) is 0.200. The summed E-state index contributed by atoms with van der Waals surface area (Å²) in [4.78, 5) is 3.62. The maximum Gasteiger partial charge on any atom is 0.0511 e. The largest absolute Gasteiger partial charge is 0.357 e. The number of aromatic amines is 1. The fourth-order valence-electron chi connectivity index (χ4n) is 3.37. The monoisotopic (exact) mass is 288 g/mol. The molecular weight excluding hydrogens is 268 g/mol. The van der Waals surface area contributed by atoms with E-state index in [4.69, 9.17) is 0 Å². The topological polar surface area (TPSA) is 27.8 Å². The second-order valence-electron chi connectivity index (χ2n) is 5.87. The Hall–Kier alpha value is -2.32. The molecule has 4 rings (SSSR count). The highest BCUT2D eigenvalue weighted by atomic mass is 15.0. The van der Waals surface area contributed by atoms with Crippen LogP contribution in [0.5, 0.6) is 0 Å². The maximum absolute atomic E-state index is 3.64. The van der Waals surface area contributed by atoms with Gasteiger partial charge in [0.15, 0.2) is 0 Å². The molecule has 1 atom stereocenters. The summed E-state index contributed by atoms with van der Waals surface area (Å²) in [6.45, 7) is 1.05. The number of para-hydroxylation sites is 1. The molecule has 2 nitrogen and oxygen atoms in total. The van der Waals surface area contributed by atoms with Gasteiger partial charge in [0.25, 0.3) is 0 Å². The molecule has 1 aliphatic heterocycles. The summed E-state index contributed by atoms with van der Waals surface area (Å²) in [7, 11) is 0. The standard InChI is InChI=1S/C20H20N2/c1-2-7-15(8-3-1)9-6-12-19-20-17(13-14-21-19)16-10-4-5-11-18(16)22-20/h1-11,19,21-22H,12-14H2. The van der Waals surface area contributed by atoms with Gasteiger partial charge in [-0.05, 0) is 36.6 Å². The van der Waals surface area contributed by atoms with Crippen molar-refractivity contribution >= 4 is 17.0 Å². The van der Waals surface area contributed by atoms with Gasteiger partial charge in [-0.25, -0.2) is 0 Å². The summed E-state index contributed by atoms with van der Waals surface area (Å²) in [5.41, 5.74) is 5.38. The molecule has 22 heavy (non-hydrogen) atoms. The van der Waals surface area contributed by atoms with Gasteiger partial charge >= 0.3 is 0 Å². The average molecular weight is 288 g/mol. The molecule has 2 heteroatoms. The smallest absolute Gasteiger partial charge is 0.0511 e. The Morgan fingerprint density at radius 1 is 1.00 bits per heavy atom. The first-order valence-electron chi connectivity index (χ1n) is 7.96. The molecule has 2 heterocycles. The second-order valence-corrected chi connectivity index (χ2v) is 5.87. The van der Waals surface area contributed by atoms with Crippen molar-refractivity contribution in [2.24, 2.45) is 0 Å². The number of fused-ring (bicyclic) bond motifs is 3. The van der Waals surface area contributed by atoms with Crippen LogP contribution in [-0.4, -0.2) is 11.5 Å². The Labute approximate surface area is 130 Å². The van der Waals surface area contributed by atoms with Crippen LogP contribution in [0.25, 0.3) is 17.0 Å². The molecule has 0 spiro atoms. The van der Waals surface area contributed by atoms with Crippen LogP contribution >= 0.6 is 0 Å². The van der Waals surface area contributed by atoms with Gasteiger partial charge in [-0.3, -0.25) is 0 Å². The van der Waals surface area contributed by atoms with Crippen LogP contribution in [0.2, 0.25) is 0 Å². The van der Waals surface area contributed by atoms with Crippen molar-refractivity contribution in [3.05, 3.63) is 77.5 Å². The van der Waals surface area contributed by atoms with Gasteiger partial charge in [0.2, 0.25) is 0 Å². The predicted octanol–water partition coefficient (Wildman–Crippen LogP) is 4.46. The number of hydrogen-bond donors (Lipinski definition) is 2. The number of aromatic nitrogens is 1. The minimum Gasteiger partial charge on any atom is -0.357 e. The zero-order valence-corrected chi connectivity index (χ0v) is 12.5. The molecular formula is C20H20N2. The third-order valence-corrected chi connectivity index (χ3v) is 4.44. The first-order valence-corrected chi connectivity index (χ1v) is 7.96. The number of rotatable bonds is 3. The zero-order chi connectivity index (χ0) is 14.8. The van der Waals surface area contributed by atoms with E-state index in [1.54, 1.807) is 0 Å². The molecule has 0 radical (unpaired) electrons. The Balaban J connectivity index is 1.59. The Kier molecular flexibility index (Phi) is 3.53. The summed E-state index contributed by atoms with van der Waals surface area (Å²) in [5.74, 6) is 0. The van der Waals surface area contributed by atoms with Gasteiger partial charge in [0.05, 0.1) is 6.04 Å². The zero-order valence-electron chi connectivity index (χ0n) is 12.5. The van der Waals surface area contributed by atoms with Gasteiger partial charge in [-0.1, -0.05) is 60.7 Å². The van der Waals surface area contributed by atoms with Crippen LogP contribution in [-0.2, 0) is 6.42 Å². The molecule has 2 N–H and O–H groups in total. The van der Waals surface area contributed by atoms with Crippen LogP contribution in [0.3, 0.4) is 0 Å². The molecule has 3 aromatic rings. The molecule has 0 amide bonds. The molecule has 0 saturated heterocycles. The summed E-state index contributed by atoms with van der Waals surface area (Å²) < 4.78 is 0. The van der Waals surface area contributed by atoms with Crippen molar-refractivity contribution in [3.63, 3.8) is 0 Å². The van der Waals surface area contributed by atoms with E-state index in [0.29, 0.717) is 6.04 Å².